The van der Waals surface area contributed by atoms with Crippen LogP contribution in [0.2, 0.25) is 0 Å². The molecule has 1 aromatic heterocycles. The van der Waals surface area contributed by atoms with E-state index in [1.165, 1.54) is 11.8 Å². The van der Waals surface area contributed by atoms with Crippen molar-refractivity contribution in [3.05, 3.63) is 47.3 Å². The minimum atomic E-state index is -0.596. The van der Waals surface area contributed by atoms with E-state index >= 15 is 0 Å². The van der Waals surface area contributed by atoms with Crippen molar-refractivity contribution in [1.29, 1.82) is 0 Å². The zero-order valence-corrected chi connectivity index (χ0v) is 14.7. The van der Waals surface area contributed by atoms with Crippen LogP contribution in [-0.4, -0.2) is 40.0 Å². The molecule has 6 heteroatoms. The molecule has 3 atom stereocenters. The van der Waals surface area contributed by atoms with Crippen LogP contribution in [0.3, 0.4) is 0 Å². The average molecular weight is 343 g/mol. The highest BCUT2D eigenvalue weighted by atomic mass is 16.5. The second-order valence-corrected chi connectivity index (χ2v) is 6.77. The summed E-state index contributed by atoms with van der Waals surface area (Å²) >= 11 is 0. The molecule has 1 aromatic carbocycles. The van der Waals surface area contributed by atoms with Crippen molar-refractivity contribution in [3.63, 3.8) is 0 Å². The number of benzene rings is 1. The summed E-state index contributed by atoms with van der Waals surface area (Å²) in [6.07, 6.45) is 3.35. The largest absolute Gasteiger partial charge is 0.488 e. The number of aliphatic hydroxyl groups is 1. The van der Waals surface area contributed by atoms with Gasteiger partial charge in [-0.15, -0.1) is 0 Å². The van der Waals surface area contributed by atoms with E-state index in [9.17, 15) is 9.90 Å². The van der Waals surface area contributed by atoms with Gasteiger partial charge in [0.15, 0.2) is 0 Å². The Labute approximate surface area is 147 Å². The first-order chi connectivity index (χ1) is 12.0. The Kier molecular flexibility index (Phi) is 5.38. The summed E-state index contributed by atoms with van der Waals surface area (Å²) in [5.74, 6) is 0.591. The van der Waals surface area contributed by atoms with Crippen molar-refractivity contribution in [2.24, 2.45) is 5.92 Å². The summed E-state index contributed by atoms with van der Waals surface area (Å²) in [5.41, 5.74) is 2.45. The molecule has 3 N–H and O–H groups in total. The maximum atomic E-state index is 12.2. The zero-order valence-electron chi connectivity index (χ0n) is 14.7. The van der Waals surface area contributed by atoms with Gasteiger partial charge < -0.3 is 15.2 Å². The molecule has 2 aromatic rings. The van der Waals surface area contributed by atoms with Gasteiger partial charge in [-0.05, 0) is 45.2 Å². The average Bonchev–Trinajstić information content (AvgIpc) is 3.03. The number of carbonyl (C=O) groups excluding carboxylic acids is 1. The van der Waals surface area contributed by atoms with Crippen LogP contribution in [0.15, 0.2) is 30.5 Å². The standard InChI is InChI=1S/C19H25N3O3/c1-12-6-8-15(9-7-12)25-17-5-3-4-14(18(17)23)10-20-19(24)16-11-21-22-13(16)2/h6-9,11,14,17-18,23H,3-5,10H2,1-2H3,(H,20,24)(H,21,22)/t14-,17-,18-/m1/s1. The molecule has 0 aliphatic heterocycles. The van der Waals surface area contributed by atoms with E-state index in [1.807, 2.05) is 38.1 Å². The van der Waals surface area contributed by atoms with E-state index < -0.39 is 6.10 Å². The third-order valence-electron chi connectivity index (χ3n) is 4.84. The van der Waals surface area contributed by atoms with Crippen molar-refractivity contribution >= 4 is 5.91 Å². The molecular weight excluding hydrogens is 318 g/mol. The van der Waals surface area contributed by atoms with Gasteiger partial charge in [0.25, 0.3) is 5.91 Å². The molecule has 1 aliphatic carbocycles. The van der Waals surface area contributed by atoms with Gasteiger partial charge in [-0.3, -0.25) is 9.89 Å². The molecule has 6 nitrogen and oxygen atoms in total. The number of nitrogens with zero attached hydrogens (tertiary/aromatic N) is 1. The maximum Gasteiger partial charge on any atom is 0.254 e. The molecule has 0 saturated heterocycles. The normalized spacial score (nSPS) is 23.2. The summed E-state index contributed by atoms with van der Waals surface area (Å²) in [6, 6.07) is 7.84. The van der Waals surface area contributed by atoms with E-state index in [4.69, 9.17) is 4.74 Å². The van der Waals surface area contributed by atoms with E-state index in [0.717, 1.165) is 30.7 Å². The molecule has 134 valence electrons. The Morgan fingerprint density at radius 1 is 1.32 bits per heavy atom. The minimum absolute atomic E-state index is 0.0136. The molecule has 3 rings (SSSR count). The van der Waals surface area contributed by atoms with Crippen molar-refractivity contribution < 1.29 is 14.6 Å². The lowest BCUT2D eigenvalue weighted by Gasteiger charge is -2.35. The van der Waals surface area contributed by atoms with Gasteiger partial charge in [0, 0.05) is 18.2 Å². The molecule has 1 saturated carbocycles. The molecule has 0 bridgehead atoms. The topological polar surface area (TPSA) is 87.2 Å². The highest BCUT2D eigenvalue weighted by Gasteiger charge is 2.33. The molecule has 1 amide bonds. The first-order valence-electron chi connectivity index (χ1n) is 8.74. The van der Waals surface area contributed by atoms with Gasteiger partial charge in [-0.2, -0.15) is 5.10 Å². The number of aryl methyl sites for hydroxylation is 2. The van der Waals surface area contributed by atoms with E-state index in [-0.39, 0.29) is 17.9 Å². The second kappa shape index (κ2) is 7.70. The number of H-pyrrole nitrogens is 1. The minimum Gasteiger partial charge on any atom is -0.488 e. The Bertz CT molecular complexity index is 711. The summed E-state index contributed by atoms with van der Waals surface area (Å²) in [6.45, 7) is 4.26. The summed E-state index contributed by atoms with van der Waals surface area (Å²) in [5, 5.41) is 20.2. The number of ether oxygens (including phenoxy) is 1. The lowest BCUT2D eigenvalue weighted by molar-refractivity contribution is -0.0301. The molecule has 1 aliphatic rings. The van der Waals surface area contributed by atoms with Crippen LogP contribution in [0.5, 0.6) is 5.75 Å². The Hall–Kier alpha value is -2.34. The van der Waals surface area contributed by atoms with Crippen molar-refractivity contribution in [3.8, 4) is 5.75 Å². The first-order valence-corrected chi connectivity index (χ1v) is 8.74. The van der Waals surface area contributed by atoms with Crippen LogP contribution < -0.4 is 10.1 Å². The highest BCUT2D eigenvalue weighted by Crippen LogP contribution is 2.28. The predicted molar refractivity (Wildman–Crippen MR) is 94.6 cm³/mol. The first kappa shape index (κ1) is 17.5. The quantitative estimate of drug-likeness (QED) is 0.778. The molecule has 0 spiro atoms. The Balaban J connectivity index is 1.56. The van der Waals surface area contributed by atoms with Gasteiger partial charge in [0.05, 0.1) is 17.9 Å². The van der Waals surface area contributed by atoms with Crippen LogP contribution in [0.25, 0.3) is 0 Å². The molecule has 1 fully saturated rings. The van der Waals surface area contributed by atoms with Crippen LogP contribution in [0.1, 0.15) is 40.9 Å². The Morgan fingerprint density at radius 2 is 2.08 bits per heavy atom. The molecule has 0 unspecified atom stereocenters. The number of aliphatic hydroxyl groups excluding tert-OH is 1. The van der Waals surface area contributed by atoms with Crippen molar-refractivity contribution in [2.45, 2.75) is 45.3 Å². The molecular formula is C19H25N3O3. The van der Waals surface area contributed by atoms with E-state index in [0.29, 0.717) is 12.1 Å². The number of aromatic nitrogens is 2. The van der Waals surface area contributed by atoms with Crippen molar-refractivity contribution in [1.82, 2.24) is 15.5 Å². The van der Waals surface area contributed by atoms with Crippen LogP contribution >= 0.6 is 0 Å². The third-order valence-corrected chi connectivity index (χ3v) is 4.84. The van der Waals surface area contributed by atoms with Crippen LogP contribution in [-0.2, 0) is 0 Å². The smallest absolute Gasteiger partial charge is 0.254 e. The molecule has 1 heterocycles. The monoisotopic (exact) mass is 343 g/mol. The number of nitrogens with one attached hydrogen (secondary N) is 2. The number of amides is 1. The fraction of sp³-hybridized carbons (Fsp3) is 0.474. The Morgan fingerprint density at radius 3 is 2.76 bits per heavy atom. The fourth-order valence-corrected chi connectivity index (χ4v) is 3.27. The van der Waals surface area contributed by atoms with E-state index in [1.54, 1.807) is 0 Å². The molecule has 25 heavy (non-hydrogen) atoms. The number of hydrogen-bond acceptors (Lipinski definition) is 4. The number of carbonyl (C=O) groups is 1. The van der Waals surface area contributed by atoms with Gasteiger partial charge >= 0.3 is 0 Å². The zero-order chi connectivity index (χ0) is 17.8. The molecule has 0 radical (unpaired) electrons. The fourth-order valence-electron chi connectivity index (χ4n) is 3.27. The van der Waals surface area contributed by atoms with Crippen molar-refractivity contribution in [2.75, 3.05) is 6.54 Å². The third kappa shape index (κ3) is 4.20. The lowest BCUT2D eigenvalue weighted by atomic mass is 9.84. The number of rotatable bonds is 5. The van der Waals surface area contributed by atoms with Gasteiger partial charge in [0.2, 0.25) is 0 Å². The van der Waals surface area contributed by atoms with Crippen LogP contribution in [0, 0.1) is 19.8 Å². The number of aromatic amines is 1. The lowest BCUT2D eigenvalue weighted by Crippen LogP contribution is -2.45. The van der Waals surface area contributed by atoms with Gasteiger partial charge in [-0.1, -0.05) is 17.7 Å². The predicted octanol–water partition coefficient (Wildman–Crippen LogP) is 2.36. The second-order valence-electron chi connectivity index (χ2n) is 6.77. The maximum absolute atomic E-state index is 12.2. The van der Waals surface area contributed by atoms with E-state index in [2.05, 4.69) is 15.5 Å². The van der Waals surface area contributed by atoms with Gasteiger partial charge in [0.1, 0.15) is 11.9 Å². The SMILES string of the molecule is Cc1ccc(O[C@@H]2CCC[C@H](CNC(=O)c3cn[nH]c3C)[C@H]2O)cc1. The summed E-state index contributed by atoms with van der Waals surface area (Å²) < 4.78 is 5.97. The summed E-state index contributed by atoms with van der Waals surface area (Å²) in [7, 11) is 0. The highest BCUT2D eigenvalue weighted by molar-refractivity contribution is 5.94. The number of hydrogen-bond donors (Lipinski definition) is 3. The van der Waals surface area contributed by atoms with Gasteiger partial charge in [-0.25, -0.2) is 0 Å². The van der Waals surface area contributed by atoms with Crippen LogP contribution in [0.4, 0.5) is 0 Å². The summed E-state index contributed by atoms with van der Waals surface area (Å²) in [4.78, 5) is 12.2.